The topological polar surface area (TPSA) is 26.3 Å². The molecule has 0 bridgehead atoms. The maximum Gasteiger partial charge on any atom is 0.163 e. The number of carbonyl (C=O) groups is 1. The van der Waals surface area contributed by atoms with Gasteiger partial charge >= 0.3 is 0 Å². The van der Waals surface area contributed by atoms with Crippen molar-refractivity contribution >= 4 is 5.78 Å². The minimum absolute atomic E-state index is 0.275. The normalized spacial score (nSPS) is 14.0. The van der Waals surface area contributed by atoms with Crippen molar-refractivity contribution in [3.63, 3.8) is 0 Å². The molecule has 0 radical (unpaired) electrons. The third-order valence-corrected chi connectivity index (χ3v) is 3.47. The summed E-state index contributed by atoms with van der Waals surface area (Å²) < 4.78 is 5.72. The predicted octanol–water partition coefficient (Wildman–Crippen LogP) is 3.78. The van der Waals surface area contributed by atoms with Crippen LogP contribution in [-0.2, 0) is 13.0 Å². The molecule has 96 valence electrons. The van der Waals surface area contributed by atoms with Gasteiger partial charge < -0.3 is 4.74 Å². The average molecular weight is 252 g/mol. The Labute approximate surface area is 113 Å². The molecule has 0 amide bonds. The van der Waals surface area contributed by atoms with E-state index in [1.165, 1.54) is 5.56 Å². The first-order valence-corrected chi connectivity index (χ1v) is 6.66. The number of ether oxygens (including phenoxy) is 1. The van der Waals surface area contributed by atoms with Crippen LogP contribution in [0.4, 0.5) is 0 Å². The first-order valence-electron chi connectivity index (χ1n) is 6.66. The summed E-state index contributed by atoms with van der Waals surface area (Å²) in [5.74, 6) is 1.15. The highest BCUT2D eigenvalue weighted by atomic mass is 16.5. The number of fused-ring (bicyclic) bond motifs is 1. The Morgan fingerprint density at radius 2 is 1.84 bits per heavy atom. The quantitative estimate of drug-likeness (QED) is 0.830. The summed E-state index contributed by atoms with van der Waals surface area (Å²) in [5, 5.41) is 0. The number of hydrogen-bond acceptors (Lipinski definition) is 2. The van der Waals surface area contributed by atoms with E-state index in [2.05, 4.69) is 6.07 Å². The van der Waals surface area contributed by atoms with Crippen molar-refractivity contribution in [2.24, 2.45) is 0 Å². The fourth-order valence-corrected chi connectivity index (χ4v) is 2.47. The molecular formula is C17H16O2. The van der Waals surface area contributed by atoms with Crippen LogP contribution in [0.3, 0.4) is 0 Å². The fourth-order valence-electron chi connectivity index (χ4n) is 2.47. The molecule has 2 aromatic rings. The molecule has 1 aliphatic carbocycles. The van der Waals surface area contributed by atoms with Crippen LogP contribution in [0.15, 0.2) is 48.5 Å². The van der Waals surface area contributed by atoms with E-state index in [4.69, 9.17) is 4.74 Å². The number of para-hydroxylation sites is 1. The Morgan fingerprint density at radius 3 is 2.68 bits per heavy atom. The van der Waals surface area contributed by atoms with E-state index in [0.717, 1.165) is 29.7 Å². The summed E-state index contributed by atoms with van der Waals surface area (Å²) in [5.41, 5.74) is 3.19. The van der Waals surface area contributed by atoms with Gasteiger partial charge in [-0.25, -0.2) is 0 Å². The number of aryl methyl sites for hydroxylation is 1. The molecule has 2 heteroatoms. The van der Waals surface area contributed by atoms with Crippen LogP contribution < -0.4 is 4.74 Å². The summed E-state index contributed by atoms with van der Waals surface area (Å²) in [4.78, 5) is 11.7. The molecule has 0 aromatic heterocycles. The SMILES string of the molecule is O=C1CCCc2cc(COc3ccccc3)ccc21. The van der Waals surface area contributed by atoms with Crippen LogP contribution in [-0.4, -0.2) is 5.78 Å². The summed E-state index contributed by atoms with van der Waals surface area (Å²) >= 11 is 0. The van der Waals surface area contributed by atoms with Gasteiger partial charge in [0.05, 0.1) is 0 Å². The molecular weight excluding hydrogens is 236 g/mol. The number of benzene rings is 2. The largest absolute Gasteiger partial charge is 0.489 e. The molecule has 2 nitrogen and oxygen atoms in total. The van der Waals surface area contributed by atoms with E-state index >= 15 is 0 Å². The van der Waals surface area contributed by atoms with E-state index in [-0.39, 0.29) is 5.78 Å². The van der Waals surface area contributed by atoms with E-state index in [0.29, 0.717) is 13.0 Å². The van der Waals surface area contributed by atoms with Gasteiger partial charge in [0.2, 0.25) is 0 Å². The lowest BCUT2D eigenvalue weighted by molar-refractivity contribution is 0.0972. The minimum atomic E-state index is 0.275. The summed E-state index contributed by atoms with van der Waals surface area (Å²) in [6.45, 7) is 0.547. The Bertz CT molecular complexity index is 587. The molecule has 0 saturated carbocycles. The van der Waals surface area contributed by atoms with Crippen molar-refractivity contribution in [2.45, 2.75) is 25.9 Å². The molecule has 0 heterocycles. The number of rotatable bonds is 3. The highest BCUT2D eigenvalue weighted by Crippen LogP contribution is 2.23. The molecule has 0 unspecified atom stereocenters. The van der Waals surface area contributed by atoms with Gasteiger partial charge in [-0.05, 0) is 36.1 Å². The lowest BCUT2D eigenvalue weighted by Gasteiger charge is -2.15. The highest BCUT2D eigenvalue weighted by molar-refractivity contribution is 5.98. The fraction of sp³-hybridized carbons (Fsp3) is 0.235. The first-order chi connectivity index (χ1) is 9.33. The molecule has 2 aromatic carbocycles. The predicted molar refractivity (Wildman–Crippen MR) is 74.5 cm³/mol. The first kappa shape index (κ1) is 12.0. The van der Waals surface area contributed by atoms with E-state index in [1.54, 1.807) is 0 Å². The second-order valence-corrected chi connectivity index (χ2v) is 4.87. The van der Waals surface area contributed by atoms with Crippen molar-refractivity contribution in [1.29, 1.82) is 0 Å². The van der Waals surface area contributed by atoms with Crippen LogP contribution in [0.2, 0.25) is 0 Å². The lowest BCUT2D eigenvalue weighted by atomic mass is 9.89. The standard InChI is InChI=1S/C17H16O2/c18-17-8-4-5-14-11-13(9-10-16(14)17)12-19-15-6-2-1-3-7-15/h1-3,6-7,9-11H,4-5,8,12H2. The van der Waals surface area contributed by atoms with Crippen molar-refractivity contribution in [2.75, 3.05) is 0 Å². The van der Waals surface area contributed by atoms with E-state index in [1.807, 2.05) is 42.5 Å². The molecule has 0 N–H and O–H groups in total. The number of hydrogen-bond donors (Lipinski definition) is 0. The van der Waals surface area contributed by atoms with Crippen molar-refractivity contribution < 1.29 is 9.53 Å². The van der Waals surface area contributed by atoms with Gasteiger partial charge in [0.25, 0.3) is 0 Å². The van der Waals surface area contributed by atoms with Crippen LogP contribution in [0.25, 0.3) is 0 Å². The van der Waals surface area contributed by atoms with Gasteiger partial charge in [0, 0.05) is 12.0 Å². The maximum absolute atomic E-state index is 11.7. The number of ketones is 1. The second-order valence-electron chi connectivity index (χ2n) is 4.87. The molecule has 19 heavy (non-hydrogen) atoms. The van der Waals surface area contributed by atoms with E-state index in [9.17, 15) is 4.79 Å². The minimum Gasteiger partial charge on any atom is -0.489 e. The maximum atomic E-state index is 11.7. The number of carbonyl (C=O) groups excluding carboxylic acids is 1. The Hall–Kier alpha value is -2.09. The van der Waals surface area contributed by atoms with Crippen LogP contribution in [0, 0.1) is 0 Å². The zero-order valence-corrected chi connectivity index (χ0v) is 10.8. The van der Waals surface area contributed by atoms with Gasteiger partial charge in [-0.2, -0.15) is 0 Å². The van der Waals surface area contributed by atoms with Gasteiger partial charge in [0.1, 0.15) is 12.4 Å². The Kier molecular flexibility index (Phi) is 3.32. The summed E-state index contributed by atoms with van der Waals surface area (Å²) in [6, 6.07) is 15.8. The monoisotopic (exact) mass is 252 g/mol. The van der Waals surface area contributed by atoms with Crippen molar-refractivity contribution in [3.8, 4) is 5.75 Å². The van der Waals surface area contributed by atoms with Crippen molar-refractivity contribution in [3.05, 3.63) is 65.2 Å². The zero-order chi connectivity index (χ0) is 13.1. The molecule has 3 rings (SSSR count). The molecule has 0 fully saturated rings. The smallest absolute Gasteiger partial charge is 0.163 e. The van der Waals surface area contributed by atoms with E-state index < -0.39 is 0 Å². The molecule has 1 aliphatic rings. The molecule has 0 spiro atoms. The van der Waals surface area contributed by atoms with Gasteiger partial charge in [-0.15, -0.1) is 0 Å². The third-order valence-electron chi connectivity index (χ3n) is 3.47. The van der Waals surface area contributed by atoms with Gasteiger partial charge in [-0.1, -0.05) is 36.4 Å². The Balaban J connectivity index is 1.74. The van der Waals surface area contributed by atoms with Crippen molar-refractivity contribution in [1.82, 2.24) is 0 Å². The van der Waals surface area contributed by atoms with Gasteiger partial charge in [0.15, 0.2) is 5.78 Å². The van der Waals surface area contributed by atoms with Crippen LogP contribution >= 0.6 is 0 Å². The average Bonchev–Trinajstić information content (AvgIpc) is 2.46. The molecule has 0 saturated heterocycles. The van der Waals surface area contributed by atoms with Crippen LogP contribution in [0.5, 0.6) is 5.75 Å². The zero-order valence-electron chi connectivity index (χ0n) is 10.8. The summed E-state index contributed by atoms with van der Waals surface area (Å²) in [6.07, 6.45) is 2.65. The molecule has 0 atom stereocenters. The van der Waals surface area contributed by atoms with Gasteiger partial charge in [-0.3, -0.25) is 4.79 Å². The second kappa shape index (κ2) is 5.27. The third kappa shape index (κ3) is 2.68. The Morgan fingerprint density at radius 1 is 1.00 bits per heavy atom. The highest BCUT2D eigenvalue weighted by Gasteiger charge is 2.16. The lowest BCUT2D eigenvalue weighted by Crippen LogP contribution is -2.11. The van der Waals surface area contributed by atoms with Crippen LogP contribution in [0.1, 0.15) is 34.3 Å². The summed E-state index contributed by atoms with van der Waals surface area (Å²) in [7, 11) is 0. The molecule has 0 aliphatic heterocycles. The number of Topliss-reactive ketones (excluding diaryl/α,β-unsaturated/α-hetero) is 1.